The van der Waals surface area contributed by atoms with Crippen molar-refractivity contribution in [3.8, 4) is 0 Å². The molecule has 0 unspecified atom stereocenters. The topological polar surface area (TPSA) is 26.0 Å². The lowest BCUT2D eigenvalue weighted by Crippen LogP contribution is -2.18. The Morgan fingerprint density at radius 1 is 1.38 bits per heavy atom. The molecule has 0 radical (unpaired) electrons. The molecule has 0 aliphatic heterocycles. The lowest BCUT2D eigenvalue weighted by molar-refractivity contribution is 0.631. The van der Waals surface area contributed by atoms with E-state index in [1.807, 2.05) is 0 Å². The van der Waals surface area contributed by atoms with Gasteiger partial charge in [-0.05, 0) is 43.2 Å². The fourth-order valence-corrected chi connectivity index (χ4v) is 2.16. The number of aryl methyl sites for hydroxylation is 1. The van der Waals surface area contributed by atoms with E-state index < -0.39 is 0 Å². The minimum atomic E-state index is 0.351. The summed E-state index contributed by atoms with van der Waals surface area (Å²) in [6, 6.07) is 9.00. The van der Waals surface area contributed by atoms with Crippen LogP contribution in [-0.2, 0) is 0 Å². The van der Waals surface area contributed by atoms with Gasteiger partial charge in [-0.1, -0.05) is 24.3 Å². The van der Waals surface area contributed by atoms with Gasteiger partial charge in [-0.15, -0.1) is 0 Å². The van der Waals surface area contributed by atoms with E-state index in [0.29, 0.717) is 6.04 Å². The number of hydrogen-bond acceptors (Lipinski definition) is 1. The highest BCUT2D eigenvalue weighted by atomic mass is 14.7. The summed E-state index contributed by atoms with van der Waals surface area (Å²) in [5, 5.41) is 0. The first kappa shape index (κ1) is 8.76. The molecule has 1 aliphatic rings. The molecule has 3 atom stereocenters. The SMILES string of the molecule is Cc1ccccc1[C@@H]1C[C@H]1[C@H](C)N. The Hall–Kier alpha value is -0.820. The van der Waals surface area contributed by atoms with Crippen molar-refractivity contribution in [3.63, 3.8) is 0 Å². The van der Waals surface area contributed by atoms with Crippen molar-refractivity contribution in [2.45, 2.75) is 32.2 Å². The molecule has 0 bridgehead atoms. The van der Waals surface area contributed by atoms with E-state index in [2.05, 4.69) is 38.1 Å². The predicted molar refractivity (Wildman–Crippen MR) is 55.7 cm³/mol. The summed E-state index contributed by atoms with van der Waals surface area (Å²) in [4.78, 5) is 0. The summed E-state index contributed by atoms with van der Waals surface area (Å²) in [7, 11) is 0. The molecule has 1 aromatic rings. The highest BCUT2D eigenvalue weighted by Gasteiger charge is 2.41. The van der Waals surface area contributed by atoms with Crippen LogP contribution in [0.25, 0.3) is 0 Å². The maximum absolute atomic E-state index is 5.88. The van der Waals surface area contributed by atoms with Gasteiger partial charge >= 0.3 is 0 Å². The number of benzene rings is 1. The van der Waals surface area contributed by atoms with Crippen LogP contribution in [0.5, 0.6) is 0 Å². The maximum Gasteiger partial charge on any atom is 0.00448 e. The van der Waals surface area contributed by atoms with Crippen LogP contribution in [0.15, 0.2) is 24.3 Å². The van der Waals surface area contributed by atoms with E-state index in [0.717, 1.165) is 11.8 Å². The first-order chi connectivity index (χ1) is 6.20. The van der Waals surface area contributed by atoms with E-state index in [1.165, 1.54) is 17.5 Å². The molecule has 13 heavy (non-hydrogen) atoms. The summed E-state index contributed by atoms with van der Waals surface area (Å²) in [6.07, 6.45) is 1.28. The second-order valence-corrected chi connectivity index (χ2v) is 4.22. The largest absolute Gasteiger partial charge is 0.328 e. The van der Waals surface area contributed by atoms with E-state index in [1.54, 1.807) is 0 Å². The lowest BCUT2D eigenvalue weighted by Gasteiger charge is -2.06. The van der Waals surface area contributed by atoms with Gasteiger partial charge < -0.3 is 5.73 Å². The van der Waals surface area contributed by atoms with Gasteiger partial charge in [0.2, 0.25) is 0 Å². The molecular formula is C12H17N. The normalized spacial score (nSPS) is 28.5. The maximum atomic E-state index is 5.88. The molecule has 0 heterocycles. The zero-order chi connectivity index (χ0) is 9.42. The highest BCUT2D eigenvalue weighted by molar-refractivity contribution is 5.33. The summed E-state index contributed by atoms with van der Waals surface area (Å²) < 4.78 is 0. The molecule has 2 rings (SSSR count). The quantitative estimate of drug-likeness (QED) is 0.734. The van der Waals surface area contributed by atoms with Crippen molar-refractivity contribution >= 4 is 0 Å². The fraction of sp³-hybridized carbons (Fsp3) is 0.500. The molecular weight excluding hydrogens is 158 g/mol. The summed E-state index contributed by atoms with van der Waals surface area (Å²) >= 11 is 0. The Balaban J connectivity index is 2.16. The Bertz CT molecular complexity index is 304. The van der Waals surface area contributed by atoms with Crippen LogP contribution in [0.3, 0.4) is 0 Å². The van der Waals surface area contributed by atoms with Crippen molar-refractivity contribution in [1.29, 1.82) is 0 Å². The molecule has 1 saturated carbocycles. The number of rotatable bonds is 2. The number of hydrogen-bond donors (Lipinski definition) is 1. The summed E-state index contributed by atoms with van der Waals surface area (Å²) in [5.41, 5.74) is 8.79. The minimum Gasteiger partial charge on any atom is -0.328 e. The predicted octanol–water partition coefficient (Wildman–Crippen LogP) is 2.45. The Morgan fingerprint density at radius 3 is 2.62 bits per heavy atom. The Morgan fingerprint density at radius 2 is 2.08 bits per heavy atom. The average Bonchev–Trinajstić information content (AvgIpc) is 2.84. The van der Waals surface area contributed by atoms with Gasteiger partial charge in [-0.2, -0.15) is 0 Å². The van der Waals surface area contributed by atoms with Gasteiger partial charge in [0, 0.05) is 6.04 Å². The van der Waals surface area contributed by atoms with Crippen LogP contribution in [0.4, 0.5) is 0 Å². The monoisotopic (exact) mass is 175 g/mol. The molecule has 0 amide bonds. The van der Waals surface area contributed by atoms with Crippen molar-refractivity contribution in [2.75, 3.05) is 0 Å². The van der Waals surface area contributed by atoms with Crippen molar-refractivity contribution in [3.05, 3.63) is 35.4 Å². The third-order valence-electron chi connectivity index (χ3n) is 3.10. The second-order valence-electron chi connectivity index (χ2n) is 4.22. The Labute approximate surface area is 80.0 Å². The first-order valence-corrected chi connectivity index (χ1v) is 5.01. The van der Waals surface area contributed by atoms with Gasteiger partial charge in [-0.3, -0.25) is 0 Å². The second kappa shape index (κ2) is 3.15. The van der Waals surface area contributed by atoms with Crippen LogP contribution in [0.1, 0.15) is 30.4 Å². The standard InChI is InChI=1S/C12H17N/c1-8-5-3-4-6-10(8)12-7-11(12)9(2)13/h3-6,9,11-12H,7,13H2,1-2H3/t9-,11-,12-/m0/s1. The smallest absolute Gasteiger partial charge is 0.00448 e. The van der Waals surface area contributed by atoms with Crippen molar-refractivity contribution in [2.24, 2.45) is 11.7 Å². The molecule has 2 N–H and O–H groups in total. The molecule has 1 fully saturated rings. The lowest BCUT2D eigenvalue weighted by atomic mass is 10.0. The van der Waals surface area contributed by atoms with Gasteiger partial charge in [0.15, 0.2) is 0 Å². The van der Waals surface area contributed by atoms with E-state index >= 15 is 0 Å². The third-order valence-corrected chi connectivity index (χ3v) is 3.10. The molecule has 1 nitrogen and oxygen atoms in total. The van der Waals surface area contributed by atoms with Gasteiger partial charge in [0.05, 0.1) is 0 Å². The fourth-order valence-electron chi connectivity index (χ4n) is 2.16. The average molecular weight is 175 g/mol. The van der Waals surface area contributed by atoms with Crippen molar-refractivity contribution < 1.29 is 0 Å². The first-order valence-electron chi connectivity index (χ1n) is 5.01. The molecule has 1 aliphatic carbocycles. The van der Waals surface area contributed by atoms with Crippen molar-refractivity contribution in [1.82, 2.24) is 0 Å². The molecule has 0 aromatic heterocycles. The van der Waals surface area contributed by atoms with Crippen LogP contribution in [0.2, 0.25) is 0 Å². The molecule has 1 heteroatoms. The van der Waals surface area contributed by atoms with Crippen LogP contribution in [0, 0.1) is 12.8 Å². The molecule has 0 spiro atoms. The van der Waals surface area contributed by atoms with E-state index in [-0.39, 0.29) is 0 Å². The van der Waals surface area contributed by atoms with Gasteiger partial charge in [-0.25, -0.2) is 0 Å². The molecule has 70 valence electrons. The minimum absolute atomic E-state index is 0.351. The summed E-state index contributed by atoms with van der Waals surface area (Å²) in [6.45, 7) is 4.30. The molecule has 1 aromatic carbocycles. The molecule has 0 saturated heterocycles. The highest BCUT2D eigenvalue weighted by Crippen LogP contribution is 2.49. The van der Waals surface area contributed by atoms with E-state index in [9.17, 15) is 0 Å². The Kier molecular flexibility index (Phi) is 2.12. The summed E-state index contributed by atoms with van der Waals surface area (Å²) in [5.74, 6) is 1.46. The van der Waals surface area contributed by atoms with E-state index in [4.69, 9.17) is 5.73 Å². The number of nitrogens with two attached hydrogens (primary N) is 1. The zero-order valence-electron chi connectivity index (χ0n) is 8.33. The van der Waals surface area contributed by atoms with Crippen LogP contribution >= 0.6 is 0 Å². The van der Waals surface area contributed by atoms with Crippen LogP contribution < -0.4 is 5.73 Å². The van der Waals surface area contributed by atoms with Gasteiger partial charge in [0.1, 0.15) is 0 Å². The van der Waals surface area contributed by atoms with Gasteiger partial charge in [0.25, 0.3) is 0 Å². The zero-order valence-corrected chi connectivity index (χ0v) is 8.33. The van der Waals surface area contributed by atoms with Crippen LogP contribution in [-0.4, -0.2) is 6.04 Å². The third kappa shape index (κ3) is 1.61.